The summed E-state index contributed by atoms with van der Waals surface area (Å²) in [5.74, 6) is 0.770. The van der Waals surface area contributed by atoms with Crippen molar-refractivity contribution < 1.29 is 4.74 Å². The molecule has 0 atom stereocenters. The molecule has 1 aromatic rings. The number of halogens is 2. The Morgan fingerprint density at radius 1 is 1.40 bits per heavy atom. The standard InChI is InChI=1S/C13H21ClN4O.HI/c1-3-19-8-4-7-16-13(15-2)18-10-11-5-6-12(14)17-9-11;/h5-6,9H,3-4,7-8,10H2,1-2H3,(H2,15,16,18);1H. The van der Waals surface area contributed by atoms with E-state index in [1.807, 2.05) is 13.0 Å². The Morgan fingerprint density at radius 2 is 2.20 bits per heavy atom. The van der Waals surface area contributed by atoms with E-state index in [0.29, 0.717) is 11.7 Å². The fraction of sp³-hybridized carbons (Fsp3) is 0.538. The second-order valence-corrected chi connectivity index (χ2v) is 4.28. The lowest BCUT2D eigenvalue weighted by Crippen LogP contribution is -2.37. The summed E-state index contributed by atoms with van der Waals surface area (Å²) in [5, 5.41) is 6.94. The van der Waals surface area contributed by atoms with Crippen LogP contribution < -0.4 is 10.6 Å². The highest BCUT2D eigenvalue weighted by atomic mass is 127. The van der Waals surface area contributed by atoms with Crippen molar-refractivity contribution in [1.29, 1.82) is 0 Å². The Morgan fingerprint density at radius 3 is 2.80 bits per heavy atom. The lowest BCUT2D eigenvalue weighted by molar-refractivity contribution is 0.145. The van der Waals surface area contributed by atoms with E-state index in [0.717, 1.165) is 37.7 Å². The van der Waals surface area contributed by atoms with Crippen molar-refractivity contribution in [2.75, 3.05) is 26.8 Å². The largest absolute Gasteiger partial charge is 0.382 e. The van der Waals surface area contributed by atoms with Crippen LogP contribution in [0.3, 0.4) is 0 Å². The summed E-state index contributed by atoms with van der Waals surface area (Å²) in [7, 11) is 1.75. The highest BCUT2D eigenvalue weighted by Crippen LogP contribution is 2.04. The Kier molecular flexibility index (Phi) is 11.8. The quantitative estimate of drug-likeness (QED) is 0.237. The second-order valence-electron chi connectivity index (χ2n) is 3.89. The van der Waals surface area contributed by atoms with Gasteiger partial charge in [-0.15, -0.1) is 24.0 Å². The van der Waals surface area contributed by atoms with E-state index in [1.165, 1.54) is 0 Å². The first-order valence-electron chi connectivity index (χ1n) is 6.39. The van der Waals surface area contributed by atoms with Crippen molar-refractivity contribution in [1.82, 2.24) is 15.6 Å². The van der Waals surface area contributed by atoms with Gasteiger partial charge in [0, 0.05) is 39.5 Å². The van der Waals surface area contributed by atoms with Gasteiger partial charge in [0.1, 0.15) is 5.15 Å². The molecule has 0 aliphatic rings. The Balaban J connectivity index is 0.00000361. The van der Waals surface area contributed by atoms with Crippen LogP contribution in [-0.4, -0.2) is 37.7 Å². The summed E-state index contributed by atoms with van der Waals surface area (Å²) >= 11 is 5.73. The molecule has 0 aliphatic heterocycles. The lowest BCUT2D eigenvalue weighted by atomic mass is 10.3. The summed E-state index contributed by atoms with van der Waals surface area (Å²) in [5.41, 5.74) is 1.06. The molecule has 0 aromatic carbocycles. The topological polar surface area (TPSA) is 58.5 Å². The van der Waals surface area contributed by atoms with E-state index >= 15 is 0 Å². The molecule has 20 heavy (non-hydrogen) atoms. The molecular formula is C13H22ClIN4O. The number of ether oxygens (including phenoxy) is 1. The van der Waals surface area contributed by atoms with Crippen LogP contribution in [0.15, 0.2) is 23.3 Å². The van der Waals surface area contributed by atoms with E-state index in [-0.39, 0.29) is 24.0 Å². The van der Waals surface area contributed by atoms with E-state index in [1.54, 1.807) is 19.3 Å². The van der Waals surface area contributed by atoms with E-state index < -0.39 is 0 Å². The smallest absolute Gasteiger partial charge is 0.191 e. The predicted octanol–water partition coefficient (Wildman–Crippen LogP) is 2.44. The molecule has 1 aromatic heterocycles. The number of pyridine rings is 1. The molecule has 1 heterocycles. The van der Waals surface area contributed by atoms with Crippen LogP contribution in [-0.2, 0) is 11.3 Å². The van der Waals surface area contributed by atoms with Crippen LogP contribution in [0, 0.1) is 0 Å². The van der Waals surface area contributed by atoms with Gasteiger partial charge in [0.05, 0.1) is 0 Å². The van der Waals surface area contributed by atoms with Crippen molar-refractivity contribution in [3.8, 4) is 0 Å². The Bertz CT molecular complexity index is 386. The maximum absolute atomic E-state index is 5.73. The monoisotopic (exact) mass is 412 g/mol. The fourth-order valence-corrected chi connectivity index (χ4v) is 1.55. The third-order valence-corrected chi connectivity index (χ3v) is 2.66. The minimum absolute atomic E-state index is 0. The molecule has 0 saturated carbocycles. The van der Waals surface area contributed by atoms with Crippen LogP contribution in [0.25, 0.3) is 0 Å². The fourth-order valence-electron chi connectivity index (χ4n) is 1.44. The number of aliphatic imine (C=N–C) groups is 1. The maximum Gasteiger partial charge on any atom is 0.191 e. The van der Waals surface area contributed by atoms with Crippen molar-refractivity contribution in [3.63, 3.8) is 0 Å². The summed E-state index contributed by atoms with van der Waals surface area (Å²) < 4.78 is 5.27. The first-order chi connectivity index (χ1) is 9.26. The number of rotatable bonds is 7. The number of guanidine groups is 1. The Labute approximate surface area is 142 Å². The highest BCUT2D eigenvalue weighted by molar-refractivity contribution is 14.0. The van der Waals surface area contributed by atoms with Crippen molar-refractivity contribution in [3.05, 3.63) is 29.0 Å². The zero-order valence-corrected chi connectivity index (χ0v) is 14.9. The average Bonchev–Trinajstić information content (AvgIpc) is 2.44. The van der Waals surface area contributed by atoms with Crippen LogP contribution in [0.4, 0.5) is 0 Å². The number of hydrogen-bond acceptors (Lipinski definition) is 3. The molecular weight excluding hydrogens is 391 g/mol. The van der Waals surface area contributed by atoms with Crippen LogP contribution in [0.1, 0.15) is 18.9 Å². The molecule has 5 nitrogen and oxygen atoms in total. The van der Waals surface area contributed by atoms with Crippen LogP contribution >= 0.6 is 35.6 Å². The molecule has 0 radical (unpaired) electrons. The molecule has 0 bridgehead atoms. The van der Waals surface area contributed by atoms with E-state index in [9.17, 15) is 0 Å². The molecule has 7 heteroatoms. The minimum atomic E-state index is 0. The highest BCUT2D eigenvalue weighted by Gasteiger charge is 1.98. The normalized spacial score (nSPS) is 10.8. The zero-order valence-electron chi connectivity index (χ0n) is 11.9. The van der Waals surface area contributed by atoms with Crippen LogP contribution in [0.2, 0.25) is 5.15 Å². The van der Waals surface area contributed by atoms with Gasteiger partial charge in [-0.1, -0.05) is 17.7 Å². The number of aromatic nitrogens is 1. The van der Waals surface area contributed by atoms with Gasteiger partial charge in [-0.3, -0.25) is 4.99 Å². The molecule has 2 N–H and O–H groups in total. The number of hydrogen-bond donors (Lipinski definition) is 2. The van der Waals surface area contributed by atoms with Crippen molar-refractivity contribution >= 4 is 41.5 Å². The van der Waals surface area contributed by atoms with Gasteiger partial charge in [0.15, 0.2) is 5.96 Å². The SMILES string of the molecule is CCOCCCNC(=NC)NCc1ccc(Cl)nc1.I. The van der Waals surface area contributed by atoms with Crippen LogP contribution in [0.5, 0.6) is 0 Å². The lowest BCUT2D eigenvalue weighted by Gasteiger charge is -2.11. The van der Waals surface area contributed by atoms with Gasteiger partial charge in [0.2, 0.25) is 0 Å². The van der Waals surface area contributed by atoms with Gasteiger partial charge >= 0.3 is 0 Å². The summed E-state index contributed by atoms with van der Waals surface area (Å²) in [6.45, 7) is 5.01. The zero-order chi connectivity index (χ0) is 13.9. The third kappa shape index (κ3) is 8.55. The van der Waals surface area contributed by atoms with Crippen molar-refractivity contribution in [2.45, 2.75) is 19.9 Å². The number of nitrogens with zero attached hydrogens (tertiary/aromatic N) is 2. The average molecular weight is 413 g/mol. The first-order valence-corrected chi connectivity index (χ1v) is 6.76. The summed E-state index contributed by atoms with van der Waals surface area (Å²) in [6.07, 6.45) is 2.70. The molecule has 0 amide bonds. The number of nitrogens with one attached hydrogen (secondary N) is 2. The van der Waals surface area contributed by atoms with Gasteiger partial charge < -0.3 is 15.4 Å². The molecule has 0 saturated heterocycles. The second kappa shape index (κ2) is 12.2. The third-order valence-electron chi connectivity index (χ3n) is 2.43. The van der Waals surface area contributed by atoms with Crippen molar-refractivity contribution in [2.24, 2.45) is 4.99 Å². The van der Waals surface area contributed by atoms with E-state index in [4.69, 9.17) is 16.3 Å². The van der Waals surface area contributed by atoms with E-state index in [2.05, 4.69) is 20.6 Å². The predicted molar refractivity (Wildman–Crippen MR) is 94.0 cm³/mol. The molecule has 114 valence electrons. The van der Waals surface area contributed by atoms with Gasteiger partial charge in [-0.2, -0.15) is 0 Å². The molecule has 0 aliphatic carbocycles. The molecule has 0 unspecified atom stereocenters. The molecule has 0 fully saturated rings. The van der Waals surface area contributed by atoms with Gasteiger partial charge in [-0.05, 0) is 25.0 Å². The summed E-state index contributed by atoms with van der Waals surface area (Å²) in [6, 6.07) is 3.71. The van der Waals surface area contributed by atoms with Gasteiger partial charge in [-0.25, -0.2) is 4.98 Å². The maximum atomic E-state index is 5.73. The molecule has 1 rings (SSSR count). The molecule has 0 spiro atoms. The first kappa shape index (κ1) is 19.4. The van der Waals surface area contributed by atoms with Gasteiger partial charge in [0.25, 0.3) is 0 Å². The Hall–Kier alpha value is -0.600. The minimum Gasteiger partial charge on any atom is -0.382 e. The summed E-state index contributed by atoms with van der Waals surface area (Å²) in [4.78, 5) is 8.17.